The predicted molar refractivity (Wildman–Crippen MR) is 23.4 cm³/mol. The van der Waals surface area contributed by atoms with Crippen LogP contribution in [0.3, 0.4) is 0 Å². The van der Waals surface area contributed by atoms with Crippen molar-refractivity contribution in [3.8, 4) is 0 Å². The van der Waals surface area contributed by atoms with Crippen molar-refractivity contribution in [1.29, 1.82) is 0 Å². The summed E-state index contributed by atoms with van der Waals surface area (Å²) in [5.41, 5.74) is 4.03. The van der Waals surface area contributed by atoms with E-state index in [4.69, 9.17) is 9.90 Å². The molecule has 44 valence electrons. The Labute approximate surface area is 40.8 Å². The van der Waals surface area contributed by atoms with Crippen LogP contribution in [-0.2, 0) is 4.84 Å². The van der Waals surface area contributed by atoms with Gasteiger partial charge in [-0.15, -0.1) is 0 Å². The molecule has 0 saturated carbocycles. The Morgan fingerprint density at radius 3 is 1.86 bits per heavy atom. The van der Waals surface area contributed by atoms with Crippen LogP contribution in [0.1, 0.15) is 0 Å². The quantitative estimate of drug-likeness (QED) is 0.351. The second-order valence-corrected chi connectivity index (χ2v) is 0.574. The van der Waals surface area contributed by atoms with Gasteiger partial charge in [-0.3, -0.25) is 0 Å². The minimum Gasteiger partial charge on any atom is -0.465 e. The molecule has 0 heterocycles. The van der Waals surface area contributed by atoms with E-state index in [1.807, 2.05) is 0 Å². The fourth-order valence-electron chi connectivity index (χ4n) is 0. The minimum absolute atomic E-state index is 1.33. The number of hydrogen-bond donors (Lipinski definition) is 3. The van der Waals surface area contributed by atoms with E-state index >= 15 is 0 Å². The van der Waals surface area contributed by atoms with Gasteiger partial charge in [-0.05, 0) is 0 Å². The minimum atomic E-state index is -1.33. The van der Waals surface area contributed by atoms with E-state index in [0.29, 0.717) is 0 Å². The number of amides is 1. The van der Waals surface area contributed by atoms with Gasteiger partial charge in [0.2, 0.25) is 0 Å². The standard InChI is InChI=1S/CH3NO2.CH5NO/c2-1(3)4;1-3-2/h2H2,(H,3,4);2H2,1H3. The third kappa shape index (κ3) is 80.5. The summed E-state index contributed by atoms with van der Waals surface area (Å²) in [6.45, 7) is 0. The third-order valence-corrected chi connectivity index (χ3v) is 0. The normalized spacial score (nSPS) is 6.00. The summed E-state index contributed by atoms with van der Waals surface area (Å²) in [5, 5.41) is 7.19. The molecule has 0 spiro atoms. The van der Waals surface area contributed by atoms with Crippen LogP contribution in [-0.4, -0.2) is 18.3 Å². The Balaban J connectivity index is 0. The summed E-state index contributed by atoms with van der Waals surface area (Å²) in [6.07, 6.45) is -1.33. The first-order valence-electron chi connectivity index (χ1n) is 1.36. The van der Waals surface area contributed by atoms with Gasteiger partial charge in [-0.1, -0.05) is 0 Å². The molecule has 0 aromatic rings. The van der Waals surface area contributed by atoms with E-state index in [2.05, 4.69) is 16.5 Å². The molecule has 0 saturated heterocycles. The summed E-state index contributed by atoms with van der Waals surface area (Å²) < 4.78 is 0. The number of carbonyl (C=O) groups is 1. The van der Waals surface area contributed by atoms with Crippen molar-refractivity contribution in [2.75, 3.05) is 7.11 Å². The highest BCUT2D eigenvalue weighted by Crippen LogP contribution is 1.34. The highest BCUT2D eigenvalue weighted by Gasteiger charge is 1.65. The summed E-state index contributed by atoms with van der Waals surface area (Å²) in [6, 6.07) is 0. The molecule has 0 radical (unpaired) electrons. The lowest BCUT2D eigenvalue weighted by atomic mass is 11.3. The van der Waals surface area contributed by atoms with Crippen molar-refractivity contribution in [1.82, 2.24) is 0 Å². The van der Waals surface area contributed by atoms with Gasteiger partial charge in [0.05, 0.1) is 7.11 Å². The highest BCUT2D eigenvalue weighted by atomic mass is 16.6. The van der Waals surface area contributed by atoms with Gasteiger partial charge >= 0.3 is 6.09 Å². The van der Waals surface area contributed by atoms with Crippen molar-refractivity contribution in [3.63, 3.8) is 0 Å². The lowest BCUT2D eigenvalue weighted by molar-refractivity contribution is 0.205. The van der Waals surface area contributed by atoms with Gasteiger partial charge in [-0.2, -0.15) is 0 Å². The summed E-state index contributed by atoms with van der Waals surface area (Å²) in [7, 11) is 1.40. The molecular formula is C2H8N2O3. The maximum Gasteiger partial charge on any atom is 0.402 e. The van der Waals surface area contributed by atoms with Gasteiger partial charge in [-0.25, -0.2) is 10.7 Å². The fraction of sp³-hybridized carbons (Fsp3) is 0.500. The van der Waals surface area contributed by atoms with Crippen LogP contribution in [0.15, 0.2) is 0 Å². The first-order valence-corrected chi connectivity index (χ1v) is 1.36. The van der Waals surface area contributed by atoms with Gasteiger partial charge in [0, 0.05) is 0 Å². The Morgan fingerprint density at radius 1 is 1.86 bits per heavy atom. The zero-order valence-corrected chi connectivity index (χ0v) is 3.92. The van der Waals surface area contributed by atoms with Crippen molar-refractivity contribution in [2.45, 2.75) is 0 Å². The summed E-state index contributed by atoms with van der Waals surface area (Å²) >= 11 is 0. The van der Waals surface area contributed by atoms with Crippen molar-refractivity contribution >= 4 is 6.09 Å². The average molecular weight is 108 g/mol. The molecule has 0 aliphatic carbocycles. The molecule has 5 N–H and O–H groups in total. The molecule has 0 rings (SSSR count). The lowest BCUT2D eigenvalue weighted by Gasteiger charge is -1.62. The molecule has 0 aliphatic rings. The first kappa shape index (κ1) is 9.50. The second-order valence-electron chi connectivity index (χ2n) is 0.574. The van der Waals surface area contributed by atoms with Crippen LogP contribution < -0.4 is 11.6 Å². The van der Waals surface area contributed by atoms with Crippen molar-refractivity contribution in [3.05, 3.63) is 0 Å². The molecule has 5 nitrogen and oxygen atoms in total. The number of nitrogens with two attached hydrogens (primary N) is 2. The van der Waals surface area contributed by atoms with Gasteiger partial charge in [0.15, 0.2) is 0 Å². The fourth-order valence-corrected chi connectivity index (χ4v) is 0. The molecule has 7 heavy (non-hydrogen) atoms. The maximum atomic E-state index is 8.78. The summed E-state index contributed by atoms with van der Waals surface area (Å²) in [5.74, 6) is 4.35. The van der Waals surface area contributed by atoms with Crippen molar-refractivity contribution < 1.29 is 14.7 Å². The first-order chi connectivity index (χ1) is 3.15. The SMILES string of the molecule is CON.NC(=O)O. The van der Waals surface area contributed by atoms with Crippen LogP contribution in [0.2, 0.25) is 0 Å². The molecule has 1 amide bonds. The lowest BCUT2D eigenvalue weighted by Crippen LogP contribution is -2.03. The number of primary amides is 1. The van der Waals surface area contributed by atoms with E-state index in [-0.39, 0.29) is 0 Å². The van der Waals surface area contributed by atoms with E-state index < -0.39 is 6.09 Å². The Bertz CT molecular complexity index is 42.2. The van der Waals surface area contributed by atoms with E-state index in [1.54, 1.807) is 0 Å². The summed E-state index contributed by atoms with van der Waals surface area (Å²) in [4.78, 5) is 12.5. The molecular weight excluding hydrogens is 100 g/mol. The van der Waals surface area contributed by atoms with E-state index in [9.17, 15) is 0 Å². The topological polar surface area (TPSA) is 98.6 Å². The monoisotopic (exact) mass is 108 g/mol. The molecule has 0 fully saturated rings. The Hall–Kier alpha value is -0.810. The smallest absolute Gasteiger partial charge is 0.402 e. The van der Waals surface area contributed by atoms with Crippen LogP contribution in [0.25, 0.3) is 0 Å². The van der Waals surface area contributed by atoms with Gasteiger partial charge < -0.3 is 15.7 Å². The molecule has 5 heteroatoms. The van der Waals surface area contributed by atoms with Crippen LogP contribution in [0.5, 0.6) is 0 Å². The zero-order chi connectivity index (χ0) is 6.28. The van der Waals surface area contributed by atoms with Crippen LogP contribution in [0.4, 0.5) is 4.79 Å². The van der Waals surface area contributed by atoms with Crippen molar-refractivity contribution in [2.24, 2.45) is 11.6 Å². The van der Waals surface area contributed by atoms with E-state index in [1.165, 1.54) is 7.11 Å². The average Bonchev–Trinajstić information content (AvgIpc) is 1.33. The van der Waals surface area contributed by atoms with Gasteiger partial charge in [0.1, 0.15) is 0 Å². The van der Waals surface area contributed by atoms with Gasteiger partial charge in [0.25, 0.3) is 0 Å². The number of carboxylic acid groups (broad SMARTS) is 1. The molecule has 0 aliphatic heterocycles. The molecule has 0 unspecified atom stereocenters. The predicted octanol–water partition coefficient (Wildman–Crippen LogP) is -0.870. The largest absolute Gasteiger partial charge is 0.465 e. The third-order valence-electron chi connectivity index (χ3n) is 0. The molecule has 0 aromatic heterocycles. The number of hydrogen-bond acceptors (Lipinski definition) is 3. The number of rotatable bonds is 0. The Kier molecular flexibility index (Phi) is 12.1. The Morgan fingerprint density at radius 2 is 1.86 bits per heavy atom. The van der Waals surface area contributed by atoms with E-state index in [0.717, 1.165) is 0 Å². The maximum absolute atomic E-state index is 8.78. The molecule has 0 atom stereocenters. The van der Waals surface area contributed by atoms with Crippen LogP contribution >= 0.6 is 0 Å². The zero-order valence-electron chi connectivity index (χ0n) is 3.92. The molecule has 0 bridgehead atoms. The van der Waals surface area contributed by atoms with Crippen LogP contribution in [0, 0.1) is 0 Å². The second kappa shape index (κ2) is 8.95. The highest BCUT2D eigenvalue weighted by molar-refractivity contribution is 5.61. The molecule has 0 aromatic carbocycles.